The van der Waals surface area contributed by atoms with E-state index in [9.17, 15) is 43.2 Å². The fourth-order valence-electron chi connectivity index (χ4n) is 11.9. The Morgan fingerprint density at radius 3 is 0.615 bits per heavy atom. The Labute approximate surface area is 588 Å². The fourth-order valence-corrected chi connectivity index (χ4v) is 13.5. The van der Waals surface area contributed by atoms with Crippen molar-refractivity contribution in [3.63, 3.8) is 0 Å². The molecule has 0 bridgehead atoms. The minimum Gasteiger partial charge on any atom is -0.462 e. The van der Waals surface area contributed by atoms with Crippen molar-refractivity contribution < 1.29 is 80.2 Å². The van der Waals surface area contributed by atoms with Gasteiger partial charge in [0.15, 0.2) is 12.2 Å². The summed E-state index contributed by atoms with van der Waals surface area (Å²) in [7, 11) is -9.90. The Morgan fingerprint density at radius 1 is 0.250 bits per heavy atom. The summed E-state index contributed by atoms with van der Waals surface area (Å²) in [6.07, 6.45) is 62.5. The molecule has 0 rings (SSSR count). The highest BCUT2D eigenvalue weighted by atomic mass is 31.2. The maximum Gasteiger partial charge on any atom is 0.472 e. The van der Waals surface area contributed by atoms with Crippen LogP contribution in [0, 0.1) is 0 Å². The van der Waals surface area contributed by atoms with Crippen LogP contribution in [0.15, 0.2) is 0 Å². The highest BCUT2D eigenvalue weighted by Crippen LogP contribution is 2.45. The second kappa shape index (κ2) is 71.5. The monoisotopic (exact) mass is 1410 g/mol. The number of ether oxygens (including phenoxy) is 4. The van der Waals surface area contributed by atoms with Crippen LogP contribution in [0.1, 0.15) is 413 Å². The molecule has 96 heavy (non-hydrogen) atoms. The summed E-state index contributed by atoms with van der Waals surface area (Å²) in [4.78, 5) is 72.7. The number of aliphatic hydroxyl groups excluding tert-OH is 1. The van der Waals surface area contributed by atoms with E-state index in [0.29, 0.717) is 25.7 Å². The minimum atomic E-state index is -4.96. The number of rotatable bonds is 78. The third-order valence-corrected chi connectivity index (χ3v) is 20.0. The smallest absolute Gasteiger partial charge is 0.462 e. The number of unbranched alkanes of at least 4 members (excludes halogenated alkanes) is 52. The Balaban J connectivity index is 5.18. The number of phosphoric acid groups is 2. The van der Waals surface area contributed by atoms with E-state index in [4.69, 9.17) is 37.0 Å². The van der Waals surface area contributed by atoms with Gasteiger partial charge >= 0.3 is 39.5 Å². The first kappa shape index (κ1) is 94.1. The zero-order chi connectivity index (χ0) is 70.4. The van der Waals surface area contributed by atoms with E-state index in [1.54, 1.807) is 0 Å². The maximum absolute atomic E-state index is 13.1. The summed E-state index contributed by atoms with van der Waals surface area (Å²) in [5.74, 6) is -2.11. The lowest BCUT2D eigenvalue weighted by molar-refractivity contribution is -0.161. The first-order valence-corrected chi connectivity index (χ1v) is 43.3. The number of carbonyl (C=O) groups excluding carboxylic acids is 4. The van der Waals surface area contributed by atoms with Crippen molar-refractivity contribution in [1.82, 2.24) is 0 Å². The molecule has 0 saturated carbocycles. The topological polar surface area (TPSA) is 237 Å². The van der Waals surface area contributed by atoms with Gasteiger partial charge in [-0.3, -0.25) is 37.3 Å². The van der Waals surface area contributed by atoms with Gasteiger partial charge in [-0.05, 0) is 25.7 Å². The summed E-state index contributed by atoms with van der Waals surface area (Å²) in [6.45, 7) is 4.97. The van der Waals surface area contributed by atoms with Gasteiger partial charge < -0.3 is 33.8 Å². The van der Waals surface area contributed by atoms with Crippen molar-refractivity contribution in [3.05, 3.63) is 0 Å². The predicted octanol–water partition coefficient (Wildman–Crippen LogP) is 23.0. The summed E-state index contributed by atoms with van der Waals surface area (Å²) >= 11 is 0. The van der Waals surface area contributed by atoms with Gasteiger partial charge in [-0.25, -0.2) is 9.13 Å². The van der Waals surface area contributed by atoms with Gasteiger partial charge in [-0.1, -0.05) is 362 Å². The lowest BCUT2D eigenvalue weighted by atomic mass is 10.0. The summed E-state index contributed by atoms with van der Waals surface area (Å²) in [6, 6.07) is 0. The number of hydrogen-bond donors (Lipinski definition) is 3. The highest BCUT2D eigenvalue weighted by molar-refractivity contribution is 7.47. The third-order valence-electron chi connectivity index (χ3n) is 18.1. The number of aliphatic hydroxyl groups is 1. The molecule has 0 heterocycles. The predicted molar refractivity (Wildman–Crippen MR) is 391 cm³/mol. The van der Waals surface area contributed by atoms with E-state index in [1.165, 1.54) is 244 Å². The molecule has 0 aliphatic rings. The molecule has 17 nitrogen and oxygen atoms in total. The normalized spacial score (nSPS) is 13.9. The van der Waals surface area contributed by atoms with Crippen molar-refractivity contribution in [2.45, 2.75) is 431 Å². The quantitative estimate of drug-likeness (QED) is 0.0222. The molecular weight excluding hydrogens is 1260 g/mol. The molecule has 19 heteroatoms. The van der Waals surface area contributed by atoms with Crippen molar-refractivity contribution in [1.29, 1.82) is 0 Å². The fraction of sp³-hybridized carbons (Fsp3) is 0.948. The van der Waals surface area contributed by atoms with Crippen LogP contribution in [-0.4, -0.2) is 96.7 Å². The largest absolute Gasteiger partial charge is 0.472 e. The number of hydrogen-bond acceptors (Lipinski definition) is 15. The highest BCUT2D eigenvalue weighted by Gasteiger charge is 2.30. The molecule has 0 fully saturated rings. The van der Waals surface area contributed by atoms with Crippen molar-refractivity contribution in [2.75, 3.05) is 39.6 Å². The molecule has 0 aliphatic carbocycles. The zero-order valence-corrected chi connectivity index (χ0v) is 64.1. The van der Waals surface area contributed by atoms with E-state index in [1.807, 2.05) is 0 Å². The lowest BCUT2D eigenvalue weighted by Gasteiger charge is -2.21. The summed E-state index contributed by atoms with van der Waals surface area (Å²) in [5.41, 5.74) is 0. The van der Waals surface area contributed by atoms with Gasteiger partial charge in [0, 0.05) is 25.7 Å². The van der Waals surface area contributed by atoms with Gasteiger partial charge in [0.1, 0.15) is 19.3 Å². The number of phosphoric ester groups is 2. The molecule has 570 valence electrons. The van der Waals surface area contributed by atoms with Crippen LogP contribution < -0.4 is 0 Å². The maximum atomic E-state index is 13.1. The SMILES string of the molecule is CCCCCCCCCCCCCCCCCCCCCCC(=O)O[C@H](COC(=O)CCCCCCCCCCCCCCCCCCC)COP(=O)(O)OC[C@@H](O)COP(=O)(O)OC[C@@H](COC(=O)CCCCCCCCCCC)OC(=O)CCCCCCCCCCCC. The minimum absolute atomic E-state index is 0.107. The van der Waals surface area contributed by atoms with Crippen LogP contribution in [0.5, 0.6) is 0 Å². The van der Waals surface area contributed by atoms with Crippen LogP contribution >= 0.6 is 15.6 Å². The van der Waals surface area contributed by atoms with E-state index in [0.717, 1.165) is 89.9 Å². The van der Waals surface area contributed by atoms with E-state index < -0.39 is 97.5 Å². The Kier molecular flexibility index (Phi) is 70.0. The van der Waals surface area contributed by atoms with Crippen LogP contribution in [0.3, 0.4) is 0 Å². The van der Waals surface area contributed by atoms with Gasteiger partial charge in [-0.2, -0.15) is 0 Å². The van der Waals surface area contributed by atoms with Gasteiger partial charge in [0.2, 0.25) is 0 Å². The van der Waals surface area contributed by atoms with Crippen molar-refractivity contribution in [3.8, 4) is 0 Å². The third kappa shape index (κ3) is 70.5. The Morgan fingerprint density at radius 2 is 0.417 bits per heavy atom. The average molecular weight is 1410 g/mol. The van der Waals surface area contributed by atoms with Gasteiger partial charge in [-0.15, -0.1) is 0 Å². The summed E-state index contributed by atoms with van der Waals surface area (Å²) in [5, 5.41) is 10.6. The first-order chi connectivity index (χ1) is 46.7. The van der Waals surface area contributed by atoms with Crippen LogP contribution in [0.4, 0.5) is 0 Å². The second-order valence-electron chi connectivity index (χ2n) is 27.7. The standard InChI is InChI=1S/C77H150O17P2/c1-5-9-13-17-21-25-28-30-32-34-35-36-38-40-42-44-48-52-56-60-64-77(82)94-73(68-88-75(80)62-58-54-50-47-43-41-39-37-33-31-29-26-22-18-14-10-6-2)70-92-96(85,86)90-66-71(78)65-89-95(83,84)91-69-72(67-87-74(79)61-57-53-49-45-24-20-16-12-8-4)93-76(81)63-59-55-51-46-27-23-19-15-11-7-3/h71-73,78H,5-70H2,1-4H3,(H,83,84)(H,85,86)/t71-,72+,73+/m0/s1. The molecule has 0 radical (unpaired) electrons. The van der Waals surface area contributed by atoms with E-state index in [-0.39, 0.29) is 25.7 Å². The summed E-state index contributed by atoms with van der Waals surface area (Å²) < 4.78 is 68.5. The number of carbonyl (C=O) groups is 4. The molecule has 2 unspecified atom stereocenters. The second-order valence-corrected chi connectivity index (χ2v) is 30.7. The average Bonchev–Trinajstić information content (AvgIpc) is 1.24. The Bertz CT molecular complexity index is 1830. The number of esters is 4. The van der Waals surface area contributed by atoms with Crippen molar-refractivity contribution in [2.24, 2.45) is 0 Å². The molecule has 0 amide bonds. The zero-order valence-electron chi connectivity index (χ0n) is 62.4. The lowest BCUT2D eigenvalue weighted by Crippen LogP contribution is -2.30. The Hall–Kier alpha value is -1.94. The van der Waals surface area contributed by atoms with Gasteiger partial charge in [0.05, 0.1) is 26.4 Å². The molecule has 0 aromatic heterocycles. The van der Waals surface area contributed by atoms with E-state index >= 15 is 0 Å². The molecular formula is C77H150O17P2. The molecule has 0 spiro atoms. The van der Waals surface area contributed by atoms with Crippen LogP contribution in [0.2, 0.25) is 0 Å². The molecule has 0 aromatic carbocycles. The molecule has 3 N–H and O–H groups in total. The molecule has 0 saturated heterocycles. The molecule has 0 aliphatic heterocycles. The van der Waals surface area contributed by atoms with E-state index in [2.05, 4.69) is 27.7 Å². The van der Waals surface area contributed by atoms with Gasteiger partial charge in [0.25, 0.3) is 0 Å². The molecule has 0 aromatic rings. The van der Waals surface area contributed by atoms with Crippen LogP contribution in [0.25, 0.3) is 0 Å². The molecule has 5 atom stereocenters. The first-order valence-electron chi connectivity index (χ1n) is 40.3. The van der Waals surface area contributed by atoms with Crippen molar-refractivity contribution >= 4 is 39.5 Å². The van der Waals surface area contributed by atoms with Crippen LogP contribution in [-0.2, 0) is 65.4 Å².